The first-order valence-electron chi connectivity index (χ1n) is 9.90. The number of nitrogens with zero attached hydrogens (tertiary/aromatic N) is 1. The number of aromatic nitrogens is 1. The standard InChI is InChI=1S/C23H23F2NO5/c1-3-4-11-30-21(28)13-18-14(2)26(20-10-7-16(27)12-19(18)20)22(29)15-5-8-17(9-6-15)31-23(24)25/h5-10,12,23,27H,3-4,11,13H2,1-2H3. The van der Waals surface area contributed by atoms with E-state index in [2.05, 4.69) is 4.74 Å². The molecule has 0 spiro atoms. The van der Waals surface area contributed by atoms with Crippen molar-refractivity contribution < 1.29 is 33.0 Å². The van der Waals surface area contributed by atoms with Crippen LogP contribution in [0.15, 0.2) is 42.5 Å². The van der Waals surface area contributed by atoms with E-state index in [4.69, 9.17) is 4.74 Å². The summed E-state index contributed by atoms with van der Waals surface area (Å²) in [5, 5.41) is 10.5. The van der Waals surface area contributed by atoms with Crippen LogP contribution in [-0.2, 0) is 16.0 Å². The number of carbonyl (C=O) groups excluding carboxylic acids is 2. The fourth-order valence-corrected chi connectivity index (χ4v) is 3.39. The van der Waals surface area contributed by atoms with Crippen LogP contribution in [0, 0.1) is 6.92 Å². The van der Waals surface area contributed by atoms with Gasteiger partial charge in [0.1, 0.15) is 11.5 Å². The topological polar surface area (TPSA) is 77.8 Å². The van der Waals surface area contributed by atoms with Gasteiger partial charge >= 0.3 is 12.6 Å². The summed E-state index contributed by atoms with van der Waals surface area (Å²) >= 11 is 0. The first-order valence-corrected chi connectivity index (χ1v) is 9.90. The number of esters is 1. The monoisotopic (exact) mass is 431 g/mol. The van der Waals surface area contributed by atoms with E-state index in [0.717, 1.165) is 12.8 Å². The van der Waals surface area contributed by atoms with E-state index in [1.54, 1.807) is 13.0 Å². The summed E-state index contributed by atoms with van der Waals surface area (Å²) < 4.78 is 35.7. The molecule has 0 aliphatic heterocycles. The second-order valence-corrected chi connectivity index (χ2v) is 7.06. The van der Waals surface area contributed by atoms with Crippen LogP contribution in [-0.4, -0.2) is 34.8 Å². The smallest absolute Gasteiger partial charge is 0.387 e. The highest BCUT2D eigenvalue weighted by atomic mass is 19.3. The molecule has 0 radical (unpaired) electrons. The molecule has 6 nitrogen and oxygen atoms in total. The molecule has 8 heteroatoms. The summed E-state index contributed by atoms with van der Waals surface area (Å²) in [6.07, 6.45) is 1.61. The minimum Gasteiger partial charge on any atom is -0.508 e. The molecule has 31 heavy (non-hydrogen) atoms. The number of hydrogen-bond acceptors (Lipinski definition) is 5. The Labute approximate surface area is 178 Å². The molecule has 0 unspecified atom stereocenters. The Morgan fingerprint density at radius 2 is 1.84 bits per heavy atom. The van der Waals surface area contributed by atoms with Crippen LogP contribution in [0.25, 0.3) is 10.9 Å². The van der Waals surface area contributed by atoms with Gasteiger partial charge in [0.2, 0.25) is 0 Å². The van der Waals surface area contributed by atoms with Gasteiger partial charge in [-0.2, -0.15) is 8.78 Å². The average molecular weight is 431 g/mol. The van der Waals surface area contributed by atoms with Crippen LogP contribution >= 0.6 is 0 Å². The van der Waals surface area contributed by atoms with Crippen molar-refractivity contribution in [2.75, 3.05) is 6.61 Å². The summed E-state index contributed by atoms with van der Waals surface area (Å²) in [7, 11) is 0. The highest BCUT2D eigenvalue weighted by Crippen LogP contribution is 2.30. The van der Waals surface area contributed by atoms with E-state index in [-0.39, 0.29) is 23.5 Å². The number of hydrogen-bond donors (Lipinski definition) is 1. The lowest BCUT2D eigenvalue weighted by molar-refractivity contribution is -0.142. The molecule has 1 heterocycles. The second kappa shape index (κ2) is 9.59. The van der Waals surface area contributed by atoms with Crippen LogP contribution in [0.1, 0.15) is 41.4 Å². The fraction of sp³-hybridized carbons (Fsp3) is 0.304. The quantitative estimate of drug-likeness (QED) is 0.408. The molecule has 0 fully saturated rings. The van der Waals surface area contributed by atoms with Gasteiger partial charge in [-0.1, -0.05) is 13.3 Å². The number of benzene rings is 2. The van der Waals surface area contributed by atoms with E-state index in [1.165, 1.54) is 41.0 Å². The van der Waals surface area contributed by atoms with Gasteiger partial charge in [-0.05, 0) is 61.4 Å². The minimum absolute atomic E-state index is 0.00574. The lowest BCUT2D eigenvalue weighted by Crippen LogP contribution is -2.15. The van der Waals surface area contributed by atoms with E-state index in [9.17, 15) is 23.5 Å². The predicted octanol–water partition coefficient (Wildman–Crippen LogP) is 4.83. The maximum absolute atomic E-state index is 13.2. The number of rotatable bonds is 8. The highest BCUT2D eigenvalue weighted by molar-refractivity contribution is 6.05. The first kappa shape index (κ1) is 22.3. The van der Waals surface area contributed by atoms with Crippen molar-refractivity contribution in [2.45, 2.75) is 39.7 Å². The Morgan fingerprint density at radius 3 is 2.48 bits per heavy atom. The molecule has 3 aromatic rings. The van der Waals surface area contributed by atoms with Gasteiger partial charge in [-0.25, -0.2) is 0 Å². The van der Waals surface area contributed by atoms with Gasteiger partial charge in [-0.15, -0.1) is 0 Å². The van der Waals surface area contributed by atoms with Crippen LogP contribution in [0.4, 0.5) is 8.78 Å². The number of carbonyl (C=O) groups is 2. The summed E-state index contributed by atoms with van der Waals surface area (Å²) in [5.74, 6) is -0.866. The molecule has 0 saturated heterocycles. The van der Waals surface area contributed by atoms with E-state index in [0.29, 0.717) is 28.8 Å². The third-order valence-corrected chi connectivity index (χ3v) is 4.93. The Kier molecular flexibility index (Phi) is 6.89. The van der Waals surface area contributed by atoms with Crippen molar-refractivity contribution in [1.82, 2.24) is 4.57 Å². The Balaban J connectivity index is 1.97. The number of halogens is 2. The highest BCUT2D eigenvalue weighted by Gasteiger charge is 2.22. The van der Waals surface area contributed by atoms with Gasteiger partial charge in [0.15, 0.2) is 0 Å². The average Bonchev–Trinajstić information content (AvgIpc) is 2.99. The zero-order valence-corrected chi connectivity index (χ0v) is 17.2. The molecule has 1 aromatic heterocycles. The van der Waals surface area contributed by atoms with Crippen molar-refractivity contribution >= 4 is 22.8 Å². The van der Waals surface area contributed by atoms with Gasteiger partial charge in [0.25, 0.3) is 5.91 Å². The van der Waals surface area contributed by atoms with Crippen molar-refractivity contribution in [3.8, 4) is 11.5 Å². The lowest BCUT2D eigenvalue weighted by atomic mass is 10.1. The van der Waals surface area contributed by atoms with Crippen LogP contribution in [0.3, 0.4) is 0 Å². The molecule has 0 amide bonds. The van der Waals surface area contributed by atoms with E-state index >= 15 is 0 Å². The normalized spacial score (nSPS) is 11.1. The molecule has 0 saturated carbocycles. The van der Waals surface area contributed by atoms with Gasteiger partial charge < -0.3 is 14.6 Å². The van der Waals surface area contributed by atoms with Crippen molar-refractivity contribution in [1.29, 1.82) is 0 Å². The maximum Gasteiger partial charge on any atom is 0.387 e. The van der Waals surface area contributed by atoms with Gasteiger partial charge in [0.05, 0.1) is 18.5 Å². The summed E-state index contributed by atoms with van der Waals surface area (Å²) in [6.45, 7) is 1.07. The lowest BCUT2D eigenvalue weighted by Gasteiger charge is -2.09. The maximum atomic E-state index is 13.2. The number of unbranched alkanes of at least 4 members (excludes halogenated alkanes) is 1. The number of phenols is 1. The zero-order chi connectivity index (χ0) is 22.5. The Bertz CT molecular complexity index is 1090. The molecular formula is C23H23F2NO5. The summed E-state index contributed by atoms with van der Waals surface area (Å²) in [5.41, 5.74) is 1.89. The van der Waals surface area contributed by atoms with Crippen molar-refractivity contribution in [3.05, 3.63) is 59.3 Å². The van der Waals surface area contributed by atoms with Crippen LogP contribution < -0.4 is 4.74 Å². The number of phenolic OH excluding ortho intramolecular Hbond substituents is 1. The second-order valence-electron chi connectivity index (χ2n) is 7.06. The number of alkyl halides is 2. The predicted molar refractivity (Wildman–Crippen MR) is 111 cm³/mol. The molecule has 164 valence electrons. The third kappa shape index (κ3) is 5.02. The van der Waals surface area contributed by atoms with Crippen LogP contribution in [0.2, 0.25) is 0 Å². The van der Waals surface area contributed by atoms with Gasteiger partial charge in [0, 0.05) is 16.6 Å². The van der Waals surface area contributed by atoms with E-state index < -0.39 is 18.5 Å². The third-order valence-electron chi connectivity index (χ3n) is 4.93. The Hall–Kier alpha value is -3.42. The zero-order valence-electron chi connectivity index (χ0n) is 17.2. The molecule has 0 aliphatic rings. The molecular weight excluding hydrogens is 408 g/mol. The summed E-state index contributed by atoms with van der Waals surface area (Å²) in [4.78, 5) is 25.5. The van der Waals surface area contributed by atoms with Crippen LogP contribution in [0.5, 0.6) is 11.5 Å². The molecule has 2 aromatic carbocycles. The van der Waals surface area contributed by atoms with Gasteiger partial charge in [-0.3, -0.25) is 14.2 Å². The largest absolute Gasteiger partial charge is 0.508 e. The summed E-state index contributed by atoms with van der Waals surface area (Å²) in [6, 6.07) is 9.91. The minimum atomic E-state index is -2.95. The molecule has 0 aliphatic carbocycles. The molecule has 1 N–H and O–H groups in total. The van der Waals surface area contributed by atoms with Crippen molar-refractivity contribution in [2.24, 2.45) is 0 Å². The number of ether oxygens (including phenoxy) is 2. The molecule has 0 atom stereocenters. The fourth-order valence-electron chi connectivity index (χ4n) is 3.39. The number of fused-ring (bicyclic) bond motifs is 1. The molecule has 0 bridgehead atoms. The van der Waals surface area contributed by atoms with E-state index in [1.807, 2.05) is 6.92 Å². The van der Waals surface area contributed by atoms with Crippen molar-refractivity contribution in [3.63, 3.8) is 0 Å². The SMILES string of the molecule is CCCCOC(=O)Cc1c(C)n(C(=O)c2ccc(OC(F)F)cc2)c2ccc(O)cc12. The molecule has 3 rings (SSSR count). The Morgan fingerprint density at radius 1 is 1.13 bits per heavy atom. The number of aromatic hydroxyl groups is 1. The first-order chi connectivity index (χ1) is 14.8.